The van der Waals surface area contributed by atoms with Crippen LogP contribution in [-0.4, -0.2) is 18.7 Å². The zero-order chi connectivity index (χ0) is 18.1. The number of amides is 1. The number of ether oxygens (including phenoxy) is 2. The van der Waals surface area contributed by atoms with E-state index >= 15 is 0 Å². The Morgan fingerprint density at radius 2 is 2.12 bits per heavy atom. The lowest BCUT2D eigenvalue weighted by Gasteiger charge is -2.12. The lowest BCUT2D eigenvalue weighted by atomic mass is 10.1. The summed E-state index contributed by atoms with van der Waals surface area (Å²) in [6.07, 6.45) is 2.06. The molecule has 0 aliphatic rings. The van der Waals surface area contributed by atoms with E-state index in [-0.39, 0.29) is 5.91 Å². The minimum atomic E-state index is -0.0906. The highest BCUT2D eigenvalue weighted by atomic mass is 32.1. The largest absolute Gasteiger partial charge is 0.490 e. The maximum atomic E-state index is 11.6. The summed E-state index contributed by atoms with van der Waals surface area (Å²) in [6.45, 7) is 6.96. The van der Waals surface area contributed by atoms with Crippen molar-refractivity contribution in [3.05, 3.63) is 46.2 Å². The number of carbonyl (C=O) groups excluding carboxylic acids is 1. The molecule has 0 bridgehead atoms. The Kier molecular flexibility index (Phi) is 7.47. The van der Waals surface area contributed by atoms with Gasteiger partial charge < -0.3 is 9.47 Å². The van der Waals surface area contributed by atoms with Gasteiger partial charge in [-0.1, -0.05) is 19.9 Å². The average molecular weight is 360 g/mol. The van der Waals surface area contributed by atoms with Crippen molar-refractivity contribution >= 4 is 23.5 Å². The highest BCUT2D eigenvalue weighted by molar-refractivity contribution is 7.09. The van der Waals surface area contributed by atoms with Gasteiger partial charge >= 0.3 is 0 Å². The zero-order valence-electron chi connectivity index (χ0n) is 14.8. The number of hydrazone groups is 1. The third-order valence-corrected chi connectivity index (χ3v) is 4.06. The van der Waals surface area contributed by atoms with Gasteiger partial charge in [0.05, 0.1) is 12.8 Å². The van der Waals surface area contributed by atoms with Crippen LogP contribution in [0.2, 0.25) is 0 Å². The van der Waals surface area contributed by atoms with Crippen LogP contribution in [0, 0.1) is 5.92 Å². The maximum absolute atomic E-state index is 11.6. The quantitative estimate of drug-likeness (QED) is 0.538. The van der Waals surface area contributed by atoms with Crippen molar-refractivity contribution in [1.82, 2.24) is 5.43 Å². The van der Waals surface area contributed by atoms with E-state index in [9.17, 15) is 4.79 Å². The first-order valence-electron chi connectivity index (χ1n) is 8.32. The normalized spacial score (nSPS) is 11.0. The van der Waals surface area contributed by atoms with E-state index in [4.69, 9.17) is 9.47 Å². The van der Waals surface area contributed by atoms with E-state index in [0.717, 1.165) is 10.4 Å². The molecule has 25 heavy (non-hydrogen) atoms. The molecule has 6 heteroatoms. The predicted octanol–water partition coefficient (Wildman–Crippen LogP) is 4.22. The second-order valence-electron chi connectivity index (χ2n) is 5.90. The first kappa shape index (κ1) is 19.0. The molecular weight excluding hydrogens is 336 g/mol. The molecule has 5 nitrogen and oxygen atoms in total. The molecule has 0 saturated heterocycles. The average Bonchev–Trinajstić information content (AvgIpc) is 3.07. The van der Waals surface area contributed by atoms with E-state index in [1.165, 1.54) is 0 Å². The van der Waals surface area contributed by atoms with Crippen molar-refractivity contribution in [2.75, 3.05) is 6.61 Å². The third kappa shape index (κ3) is 6.58. The number of rotatable bonds is 9. The molecule has 0 radical (unpaired) electrons. The van der Waals surface area contributed by atoms with Gasteiger partial charge in [-0.2, -0.15) is 5.10 Å². The van der Waals surface area contributed by atoms with Crippen LogP contribution < -0.4 is 14.9 Å². The summed E-state index contributed by atoms with van der Waals surface area (Å²) in [7, 11) is 0. The molecule has 0 unspecified atom stereocenters. The molecule has 0 saturated carbocycles. The lowest BCUT2D eigenvalue weighted by Crippen LogP contribution is -2.19. The number of hydrogen-bond donors (Lipinski definition) is 1. The number of benzene rings is 1. The van der Waals surface area contributed by atoms with Crippen molar-refractivity contribution in [1.29, 1.82) is 0 Å². The topological polar surface area (TPSA) is 59.9 Å². The van der Waals surface area contributed by atoms with E-state index in [1.54, 1.807) is 17.6 Å². The van der Waals surface area contributed by atoms with Crippen LogP contribution in [0.1, 0.15) is 37.6 Å². The molecular formula is C19H24N2O3S. The van der Waals surface area contributed by atoms with Crippen molar-refractivity contribution < 1.29 is 14.3 Å². The van der Waals surface area contributed by atoms with Crippen LogP contribution in [-0.2, 0) is 11.4 Å². The summed E-state index contributed by atoms with van der Waals surface area (Å²) in [4.78, 5) is 12.8. The second-order valence-corrected chi connectivity index (χ2v) is 6.93. The fourth-order valence-electron chi connectivity index (χ4n) is 2.13. The van der Waals surface area contributed by atoms with Gasteiger partial charge in [0.2, 0.25) is 5.91 Å². The first-order chi connectivity index (χ1) is 12.1. The van der Waals surface area contributed by atoms with Gasteiger partial charge in [0, 0.05) is 11.3 Å². The summed E-state index contributed by atoms with van der Waals surface area (Å²) in [5.41, 5.74) is 3.36. The first-order valence-corrected chi connectivity index (χ1v) is 9.20. The molecule has 134 valence electrons. The van der Waals surface area contributed by atoms with Crippen LogP contribution in [0.5, 0.6) is 11.5 Å². The summed E-state index contributed by atoms with van der Waals surface area (Å²) >= 11 is 1.66. The van der Waals surface area contributed by atoms with E-state index in [2.05, 4.69) is 10.5 Å². The molecule has 0 spiro atoms. The zero-order valence-corrected chi connectivity index (χ0v) is 15.6. The predicted molar refractivity (Wildman–Crippen MR) is 101 cm³/mol. The fraction of sp³-hybridized carbons (Fsp3) is 0.368. The highest BCUT2D eigenvalue weighted by Gasteiger charge is 2.07. The minimum Gasteiger partial charge on any atom is -0.490 e. The van der Waals surface area contributed by atoms with E-state index < -0.39 is 0 Å². The van der Waals surface area contributed by atoms with Crippen LogP contribution >= 0.6 is 11.3 Å². The van der Waals surface area contributed by atoms with Gasteiger partial charge in [0.15, 0.2) is 11.5 Å². The van der Waals surface area contributed by atoms with Gasteiger partial charge in [0.25, 0.3) is 0 Å². The standard InChI is InChI=1S/C19H24N2O3S/c1-4-23-18-11-15(12-20-21-19(22)10-14(2)3)7-8-17(18)24-13-16-6-5-9-25-16/h5-9,11-12,14H,4,10,13H2,1-3H3,(H,21,22)/b20-12-. The summed E-state index contributed by atoms with van der Waals surface area (Å²) < 4.78 is 11.5. The summed E-state index contributed by atoms with van der Waals surface area (Å²) in [5.74, 6) is 1.57. The van der Waals surface area contributed by atoms with Gasteiger partial charge in [-0.15, -0.1) is 11.3 Å². The fourth-order valence-corrected chi connectivity index (χ4v) is 2.75. The SMILES string of the molecule is CCOc1cc(/C=N\NC(=O)CC(C)C)ccc1OCc1cccs1. The number of thiophene rings is 1. The number of carbonyl (C=O) groups is 1. The molecule has 1 aromatic carbocycles. The van der Waals surface area contributed by atoms with E-state index in [1.807, 2.05) is 56.5 Å². The molecule has 0 fully saturated rings. The minimum absolute atomic E-state index is 0.0906. The van der Waals surface area contributed by atoms with Crippen LogP contribution in [0.25, 0.3) is 0 Å². The second kappa shape index (κ2) is 9.84. The maximum Gasteiger partial charge on any atom is 0.240 e. The summed E-state index contributed by atoms with van der Waals surface area (Å²) in [6, 6.07) is 9.62. The molecule has 1 aromatic heterocycles. The molecule has 1 heterocycles. The van der Waals surface area contributed by atoms with Crippen molar-refractivity contribution in [2.24, 2.45) is 11.0 Å². The smallest absolute Gasteiger partial charge is 0.240 e. The van der Waals surface area contributed by atoms with Crippen molar-refractivity contribution in [2.45, 2.75) is 33.8 Å². The Morgan fingerprint density at radius 1 is 1.28 bits per heavy atom. The molecule has 2 aromatic rings. The number of nitrogens with zero attached hydrogens (tertiary/aromatic N) is 1. The Balaban J connectivity index is 2.00. The van der Waals surface area contributed by atoms with Crippen molar-refractivity contribution in [3.63, 3.8) is 0 Å². The van der Waals surface area contributed by atoms with Gasteiger partial charge in [-0.05, 0) is 48.1 Å². The Morgan fingerprint density at radius 3 is 2.80 bits per heavy atom. The van der Waals surface area contributed by atoms with Gasteiger partial charge in [-0.25, -0.2) is 5.43 Å². The van der Waals surface area contributed by atoms with Crippen LogP contribution in [0.15, 0.2) is 40.8 Å². The summed E-state index contributed by atoms with van der Waals surface area (Å²) in [5, 5.41) is 6.02. The van der Waals surface area contributed by atoms with Gasteiger partial charge in [0.1, 0.15) is 6.61 Å². The molecule has 2 rings (SSSR count). The number of nitrogens with one attached hydrogen (secondary N) is 1. The van der Waals surface area contributed by atoms with Crippen LogP contribution in [0.4, 0.5) is 0 Å². The van der Waals surface area contributed by atoms with E-state index in [0.29, 0.717) is 37.1 Å². The van der Waals surface area contributed by atoms with Crippen molar-refractivity contribution in [3.8, 4) is 11.5 Å². The Labute approximate surface area is 152 Å². The monoisotopic (exact) mass is 360 g/mol. The molecule has 1 amide bonds. The highest BCUT2D eigenvalue weighted by Crippen LogP contribution is 2.29. The third-order valence-electron chi connectivity index (χ3n) is 3.21. The molecule has 0 aliphatic carbocycles. The Hall–Kier alpha value is -2.34. The number of hydrogen-bond acceptors (Lipinski definition) is 5. The molecule has 1 N–H and O–H groups in total. The lowest BCUT2D eigenvalue weighted by molar-refractivity contribution is -0.121. The Bertz CT molecular complexity index is 697. The van der Waals surface area contributed by atoms with Gasteiger partial charge in [-0.3, -0.25) is 4.79 Å². The molecule has 0 aliphatic heterocycles. The van der Waals surface area contributed by atoms with Crippen LogP contribution in [0.3, 0.4) is 0 Å². The molecule has 0 atom stereocenters.